The Morgan fingerprint density at radius 1 is 0.714 bits per heavy atom. The second-order valence-electron chi connectivity index (χ2n) is 14.0. The largest absolute Gasteiger partial charge is 0.497 e. The van der Waals surface area contributed by atoms with Crippen molar-refractivity contribution in [3.63, 3.8) is 0 Å². The number of aromatic nitrogens is 4. The van der Waals surface area contributed by atoms with Gasteiger partial charge in [0.25, 0.3) is 0 Å². The van der Waals surface area contributed by atoms with Crippen LogP contribution in [0.3, 0.4) is 0 Å². The van der Waals surface area contributed by atoms with E-state index in [4.69, 9.17) is 33.9 Å². The van der Waals surface area contributed by atoms with Crippen molar-refractivity contribution in [3.8, 4) is 11.6 Å². The number of hydrogen-bond donors (Lipinski definition) is 2. The molecule has 5 aromatic carbocycles. The molecule has 56 heavy (non-hydrogen) atoms. The smallest absolute Gasteiger partial charge is 0.246 e. The fourth-order valence-electron chi connectivity index (χ4n) is 7.83. The Hall–Kier alpha value is -6.07. The minimum atomic E-state index is -0.928. The van der Waals surface area contributed by atoms with E-state index in [2.05, 4.69) is 41.7 Å². The average molecular weight is 750 g/mol. The van der Waals surface area contributed by atoms with Gasteiger partial charge in [0, 0.05) is 5.92 Å². The maximum atomic E-state index is 12.1. The van der Waals surface area contributed by atoms with Gasteiger partial charge in [-0.2, -0.15) is 9.97 Å². The van der Waals surface area contributed by atoms with E-state index in [9.17, 15) is 5.11 Å². The first-order valence-electron chi connectivity index (χ1n) is 18.8. The van der Waals surface area contributed by atoms with Crippen molar-refractivity contribution in [2.24, 2.45) is 5.92 Å². The van der Waals surface area contributed by atoms with Gasteiger partial charge in [-0.05, 0) is 46.4 Å². The molecule has 8 rings (SSSR count). The first-order valence-corrected chi connectivity index (χ1v) is 18.8. The predicted octanol–water partition coefficient (Wildman–Crippen LogP) is 7.97. The number of methoxy groups -OCH3 is 2. The van der Waals surface area contributed by atoms with E-state index in [1.54, 1.807) is 20.5 Å². The molecule has 10 heteroatoms. The molecule has 284 valence electrons. The van der Waals surface area contributed by atoms with Gasteiger partial charge in [0.15, 0.2) is 11.2 Å². The van der Waals surface area contributed by atoms with Crippen LogP contribution in [-0.2, 0) is 28.2 Å². The molecular formula is C46H45N5O5. The SMILES string of the molecule is COc1ccc(C(Nc2nc(OC)c3n[14cH]n([C@H]4C[C@H](OCc5ccccc5)[C@@H](COCc5ccccc5)[C@@H]4O)c3n2)(c2ccccc2)c2ccccc2)cc1. The molecule has 0 aliphatic heterocycles. The van der Waals surface area contributed by atoms with Gasteiger partial charge in [-0.25, -0.2) is 4.98 Å². The van der Waals surface area contributed by atoms with Crippen molar-refractivity contribution in [3.05, 3.63) is 180 Å². The van der Waals surface area contributed by atoms with Crippen molar-refractivity contribution in [1.29, 1.82) is 0 Å². The van der Waals surface area contributed by atoms with E-state index in [0.29, 0.717) is 49.2 Å². The number of anilines is 1. The van der Waals surface area contributed by atoms with Crippen LogP contribution in [0.1, 0.15) is 40.3 Å². The number of fused-ring (bicyclic) bond motifs is 1. The molecular weight excluding hydrogens is 705 g/mol. The fraction of sp³-hybridized carbons (Fsp3) is 0.239. The summed E-state index contributed by atoms with van der Waals surface area (Å²) in [7, 11) is 3.24. The minimum absolute atomic E-state index is 0.288. The Morgan fingerprint density at radius 2 is 1.29 bits per heavy atom. The topological polar surface area (TPSA) is 113 Å². The standard InChI is InChI=1S/C46H45N5O5/c1-53-37-25-23-36(24-26-37)46(34-19-11-5-12-20-34,35-21-13-6-14-22-35)50-45-48-43-41(44(49-45)54-2)47-31-51(43)39-27-40(56-29-33-17-9-4-10-18-33)38(42(39)52)30-55-28-32-15-7-3-8-16-32/h3-26,31,38-40,42,52H,27-30H2,1-2H3,(H,48,49,50)/t38-,39+,40+,42+/m1/s1/i31+2. The maximum Gasteiger partial charge on any atom is 0.246 e. The third-order valence-corrected chi connectivity index (χ3v) is 10.7. The summed E-state index contributed by atoms with van der Waals surface area (Å²) in [5.74, 6) is 1.09. The molecule has 2 N–H and O–H groups in total. The van der Waals surface area contributed by atoms with E-state index in [1.165, 1.54) is 0 Å². The number of nitrogens with one attached hydrogen (secondary N) is 1. The van der Waals surface area contributed by atoms with Gasteiger partial charge in [0.05, 0.1) is 58.6 Å². The second-order valence-corrected chi connectivity index (χ2v) is 14.0. The third-order valence-electron chi connectivity index (χ3n) is 10.7. The molecule has 4 atom stereocenters. The summed E-state index contributed by atoms with van der Waals surface area (Å²) in [5.41, 5.74) is 5.14. The molecule has 0 amide bonds. The van der Waals surface area contributed by atoms with Crippen LogP contribution in [0.15, 0.2) is 152 Å². The quantitative estimate of drug-likeness (QED) is 0.101. The Kier molecular flexibility index (Phi) is 11.0. The molecule has 0 radical (unpaired) electrons. The van der Waals surface area contributed by atoms with Gasteiger partial charge < -0.3 is 33.9 Å². The fourth-order valence-corrected chi connectivity index (χ4v) is 7.83. The van der Waals surface area contributed by atoms with Crippen LogP contribution in [0.4, 0.5) is 5.95 Å². The highest BCUT2D eigenvalue weighted by atomic mass is 16.5. The predicted molar refractivity (Wildman–Crippen MR) is 216 cm³/mol. The highest BCUT2D eigenvalue weighted by Crippen LogP contribution is 2.43. The second kappa shape index (κ2) is 16.7. The first-order chi connectivity index (χ1) is 27.6. The van der Waals surface area contributed by atoms with E-state index in [-0.39, 0.29) is 12.0 Å². The number of hydrogen-bond acceptors (Lipinski definition) is 9. The van der Waals surface area contributed by atoms with Crippen LogP contribution in [0.5, 0.6) is 11.6 Å². The van der Waals surface area contributed by atoms with Gasteiger partial charge in [0.2, 0.25) is 11.8 Å². The Labute approximate surface area is 326 Å². The number of benzene rings is 5. The van der Waals surface area contributed by atoms with Gasteiger partial charge in [-0.15, -0.1) is 0 Å². The summed E-state index contributed by atoms with van der Waals surface area (Å²) in [6.07, 6.45) is 1.14. The lowest BCUT2D eigenvalue weighted by molar-refractivity contribution is -0.0475. The summed E-state index contributed by atoms with van der Waals surface area (Å²) in [6.45, 7) is 1.18. The molecule has 1 aliphatic rings. The zero-order valence-electron chi connectivity index (χ0n) is 31.4. The highest BCUT2D eigenvalue weighted by molar-refractivity contribution is 5.78. The monoisotopic (exact) mass is 749 g/mol. The minimum Gasteiger partial charge on any atom is -0.497 e. The molecule has 2 aromatic heterocycles. The molecule has 0 unspecified atom stereocenters. The average Bonchev–Trinajstić information content (AvgIpc) is 3.82. The van der Waals surface area contributed by atoms with Gasteiger partial charge >= 0.3 is 0 Å². The molecule has 0 bridgehead atoms. The van der Waals surface area contributed by atoms with E-state index < -0.39 is 17.7 Å². The van der Waals surface area contributed by atoms with Crippen LogP contribution >= 0.6 is 0 Å². The molecule has 1 fully saturated rings. The lowest BCUT2D eigenvalue weighted by atomic mass is 9.77. The number of ether oxygens (including phenoxy) is 4. The van der Waals surface area contributed by atoms with Crippen molar-refractivity contribution in [1.82, 2.24) is 19.5 Å². The summed E-state index contributed by atoms with van der Waals surface area (Å²) in [5, 5.41) is 15.9. The lowest BCUT2D eigenvalue weighted by Crippen LogP contribution is -2.38. The highest BCUT2D eigenvalue weighted by Gasteiger charge is 2.45. The van der Waals surface area contributed by atoms with Crippen molar-refractivity contribution >= 4 is 17.1 Å². The van der Waals surface area contributed by atoms with Crippen molar-refractivity contribution < 1.29 is 24.1 Å². The van der Waals surface area contributed by atoms with E-state index in [0.717, 1.165) is 33.6 Å². The van der Waals surface area contributed by atoms with Gasteiger partial charge in [-0.1, -0.05) is 133 Å². The molecule has 0 saturated heterocycles. The molecule has 1 aliphatic carbocycles. The molecule has 2 heterocycles. The number of aliphatic hydroxyl groups is 1. The maximum absolute atomic E-state index is 12.1. The van der Waals surface area contributed by atoms with E-state index >= 15 is 0 Å². The summed E-state index contributed by atoms with van der Waals surface area (Å²) < 4.78 is 26.1. The Morgan fingerprint density at radius 3 is 1.88 bits per heavy atom. The summed E-state index contributed by atoms with van der Waals surface area (Å²) >= 11 is 0. The zero-order chi connectivity index (χ0) is 38.3. The van der Waals surface area contributed by atoms with Crippen LogP contribution in [0, 0.1) is 5.92 Å². The third kappa shape index (κ3) is 7.46. The van der Waals surface area contributed by atoms with Gasteiger partial charge in [0.1, 0.15) is 11.3 Å². The lowest BCUT2D eigenvalue weighted by Gasteiger charge is -2.37. The number of rotatable bonds is 15. The normalized spacial score (nSPS) is 18.2. The molecule has 10 nitrogen and oxygen atoms in total. The number of nitrogens with zero attached hydrogens (tertiary/aromatic N) is 4. The molecule has 0 spiro atoms. The summed E-state index contributed by atoms with van der Waals surface area (Å²) in [6, 6.07) is 48.2. The van der Waals surface area contributed by atoms with Crippen LogP contribution in [-0.4, -0.2) is 57.7 Å². The zero-order valence-corrected chi connectivity index (χ0v) is 31.4. The number of aliphatic hydroxyl groups excluding tert-OH is 1. The van der Waals surface area contributed by atoms with Crippen LogP contribution in [0.2, 0.25) is 0 Å². The Bertz CT molecular complexity index is 2270. The summed E-state index contributed by atoms with van der Waals surface area (Å²) in [4.78, 5) is 14.8. The first kappa shape index (κ1) is 36.9. The number of imidazole rings is 1. The van der Waals surface area contributed by atoms with Gasteiger partial charge in [-0.3, -0.25) is 0 Å². The molecule has 1 saturated carbocycles. The van der Waals surface area contributed by atoms with Crippen LogP contribution in [0.25, 0.3) is 11.2 Å². The Balaban J connectivity index is 1.18. The molecule has 7 aromatic rings. The van der Waals surface area contributed by atoms with Crippen molar-refractivity contribution in [2.75, 3.05) is 26.1 Å². The van der Waals surface area contributed by atoms with Crippen LogP contribution < -0.4 is 14.8 Å². The van der Waals surface area contributed by atoms with Crippen molar-refractivity contribution in [2.45, 2.75) is 43.4 Å². The van der Waals surface area contributed by atoms with E-state index in [1.807, 2.05) is 114 Å².